The van der Waals surface area contributed by atoms with Crippen molar-refractivity contribution in [3.63, 3.8) is 0 Å². The van der Waals surface area contributed by atoms with Gasteiger partial charge in [0, 0.05) is 25.1 Å². The first kappa shape index (κ1) is 40.6. The van der Waals surface area contributed by atoms with Crippen LogP contribution in [0.4, 0.5) is 0 Å². The first-order valence-electron chi connectivity index (χ1n) is 24.0. The topological polar surface area (TPSA) is 0 Å². The molecule has 0 bridgehead atoms. The van der Waals surface area contributed by atoms with E-state index in [1.165, 1.54) is 140 Å². The molecule has 0 unspecified atom stereocenters. The van der Waals surface area contributed by atoms with E-state index in [-0.39, 0.29) is 0 Å². The molecule has 2 heteroatoms. The number of thiophene rings is 2. The summed E-state index contributed by atoms with van der Waals surface area (Å²) in [6.45, 7) is 0. The summed E-state index contributed by atoms with van der Waals surface area (Å²) in [5.41, 5.74) is 12.5. The summed E-state index contributed by atoms with van der Waals surface area (Å²) in [6, 6.07) is 94.6. The van der Waals surface area contributed by atoms with Gasteiger partial charge < -0.3 is 0 Å². The van der Waals surface area contributed by atoms with E-state index in [4.69, 9.17) is 0 Å². The molecule has 0 aliphatic rings. The molecule has 14 aromatic rings. The van der Waals surface area contributed by atoms with Gasteiger partial charge in [0.1, 0.15) is 0 Å². The van der Waals surface area contributed by atoms with Crippen LogP contribution >= 0.6 is 22.7 Å². The van der Waals surface area contributed by atoms with E-state index in [1.54, 1.807) is 0 Å². The Bertz CT molecular complexity index is 4280. The molecule has 0 radical (unpaired) electrons. The molecule has 2 aromatic heterocycles. The average molecular weight is 923 g/mol. The Labute approximate surface area is 414 Å². The zero-order valence-corrected chi connectivity index (χ0v) is 39.7. The SMILES string of the molecule is c1ccc(-c2ccc(-c3ccc(-c4c5ccccc5c(-c5ccc(-c6ccc7c(-c8ccc9ccccc9c8)c8ccccc8c(-c8ccc9ccccc9c8)c7c6)s5)c5ccccc45)cc3)s2)cc1. The van der Waals surface area contributed by atoms with Crippen molar-refractivity contribution in [3.05, 3.63) is 255 Å². The number of rotatable bonds is 7. The normalized spacial score (nSPS) is 11.7. The minimum atomic E-state index is 1.22. The van der Waals surface area contributed by atoms with Gasteiger partial charge in [0.15, 0.2) is 0 Å². The summed E-state index contributed by atoms with van der Waals surface area (Å²) in [6.07, 6.45) is 0. The highest BCUT2D eigenvalue weighted by molar-refractivity contribution is 7.19. The number of hydrogen-bond acceptors (Lipinski definition) is 2. The van der Waals surface area contributed by atoms with E-state index in [1.807, 2.05) is 22.7 Å². The third kappa shape index (κ3) is 6.79. The Balaban J connectivity index is 0.920. The molecular formula is C68H42S2. The molecule has 0 atom stereocenters. The fourth-order valence-electron chi connectivity index (χ4n) is 11.0. The monoisotopic (exact) mass is 922 g/mol. The highest BCUT2D eigenvalue weighted by atomic mass is 32.1. The smallest absolute Gasteiger partial charge is 0.0361 e. The van der Waals surface area contributed by atoms with Gasteiger partial charge in [-0.1, -0.05) is 212 Å². The van der Waals surface area contributed by atoms with Crippen LogP contribution in [0, 0.1) is 0 Å². The standard InChI is InChI=1S/C68H42S2/c1-2-16-45(17-3-1)61-36-37-62(69-61)46-28-30-47(31-29-46)65-55-22-10-12-24-57(55)68(58-25-13-11-23-56(58)65)64-39-38-63(70-64)50-34-35-59-60(42-50)67(52-33-27-44-15-5-7-19-49(44)41-52)54-21-9-8-20-53(54)66(59)51-32-26-43-14-4-6-18-48(43)40-51/h1-42H. The number of benzene rings is 12. The first-order chi connectivity index (χ1) is 34.7. The summed E-state index contributed by atoms with van der Waals surface area (Å²) in [7, 11) is 0. The first-order valence-corrected chi connectivity index (χ1v) is 25.6. The lowest BCUT2D eigenvalue weighted by Gasteiger charge is -2.19. The lowest BCUT2D eigenvalue weighted by molar-refractivity contribution is 1.66. The molecule has 0 saturated heterocycles. The number of hydrogen-bond donors (Lipinski definition) is 0. The third-order valence-electron chi connectivity index (χ3n) is 14.3. The summed E-state index contributed by atoms with van der Waals surface area (Å²) >= 11 is 3.74. The Morgan fingerprint density at radius 2 is 0.514 bits per heavy atom. The maximum Gasteiger partial charge on any atom is 0.0361 e. The molecule has 0 aliphatic carbocycles. The maximum atomic E-state index is 2.47. The summed E-state index contributed by atoms with van der Waals surface area (Å²) in [4.78, 5) is 5.08. The van der Waals surface area contributed by atoms with Crippen LogP contribution in [0.3, 0.4) is 0 Å². The van der Waals surface area contributed by atoms with E-state index in [2.05, 4.69) is 255 Å². The van der Waals surface area contributed by atoms with Crippen LogP contribution in [0.15, 0.2) is 255 Å². The molecular weight excluding hydrogens is 881 g/mol. The van der Waals surface area contributed by atoms with Crippen molar-refractivity contribution < 1.29 is 0 Å². The molecule has 2 heterocycles. The molecule has 0 spiro atoms. The van der Waals surface area contributed by atoms with Crippen molar-refractivity contribution in [3.8, 4) is 75.1 Å². The van der Waals surface area contributed by atoms with Crippen molar-refractivity contribution in [1.82, 2.24) is 0 Å². The molecule has 70 heavy (non-hydrogen) atoms. The van der Waals surface area contributed by atoms with Gasteiger partial charge in [-0.15, -0.1) is 22.7 Å². The molecule has 0 nitrogen and oxygen atoms in total. The maximum absolute atomic E-state index is 2.47. The molecule has 14 rings (SSSR count). The van der Waals surface area contributed by atoms with Gasteiger partial charge in [-0.25, -0.2) is 0 Å². The van der Waals surface area contributed by atoms with Crippen LogP contribution in [-0.4, -0.2) is 0 Å². The van der Waals surface area contributed by atoms with Crippen molar-refractivity contribution in [1.29, 1.82) is 0 Å². The fourth-order valence-corrected chi connectivity index (χ4v) is 13.1. The second-order valence-corrected chi connectivity index (χ2v) is 20.5. The van der Waals surface area contributed by atoms with Crippen LogP contribution in [0.2, 0.25) is 0 Å². The molecule has 0 fully saturated rings. The van der Waals surface area contributed by atoms with E-state index >= 15 is 0 Å². The van der Waals surface area contributed by atoms with Crippen LogP contribution in [-0.2, 0) is 0 Å². The fraction of sp³-hybridized carbons (Fsp3) is 0. The minimum absolute atomic E-state index is 1.22. The molecule has 12 aromatic carbocycles. The quantitative estimate of drug-likeness (QED) is 0.140. The zero-order chi connectivity index (χ0) is 46.1. The zero-order valence-electron chi connectivity index (χ0n) is 38.1. The molecule has 326 valence electrons. The predicted molar refractivity (Wildman–Crippen MR) is 305 cm³/mol. The highest BCUT2D eigenvalue weighted by Crippen LogP contribution is 2.49. The van der Waals surface area contributed by atoms with Crippen molar-refractivity contribution in [2.75, 3.05) is 0 Å². The summed E-state index contributed by atoms with van der Waals surface area (Å²) in [5, 5.41) is 15.1. The van der Waals surface area contributed by atoms with Gasteiger partial charge in [0.05, 0.1) is 0 Å². The molecule has 0 amide bonds. The third-order valence-corrected chi connectivity index (χ3v) is 16.6. The predicted octanol–water partition coefficient (Wildman–Crippen LogP) is 20.4. The van der Waals surface area contributed by atoms with Crippen LogP contribution < -0.4 is 0 Å². The van der Waals surface area contributed by atoms with Crippen LogP contribution in [0.25, 0.3) is 140 Å². The molecule has 0 saturated carbocycles. The Morgan fingerprint density at radius 1 is 0.171 bits per heavy atom. The van der Waals surface area contributed by atoms with Crippen molar-refractivity contribution >= 4 is 87.3 Å². The Hall–Kier alpha value is -8.40. The second kappa shape index (κ2) is 16.7. The highest BCUT2D eigenvalue weighted by Gasteiger charge is 2.21. The van der Waals surface area contributed by atoms with E-state index < -0.39 is 0 Å². The lowest BCUT2D eigenvalue weighted by Crippen LogP contribution is -1.92. The van der Waals surface area contributed by atoms with E-state index in [0.29, 0.717) is 0 Å². The second-order valence-electron chi connectivity index (χ2n) is 18.3. The van der Waals surface area contributed by atoms with Gasteiger partial charge in [0.2, 0.25) is 0 Å². The average Bonchev–Trinajstić information content (AvgIpc) is 4.13. The van der Waals surface area contributed by atoms with Gasteiger partial charge in [-0.3, -0.25) is 0 Å². The van der Waals surface area contributed by atoms with Gasteiger partial charge in [0.25, 0.3) is 0 Å². The number of fused-ring (bicyclic) bond motifs is 6. The minimum Gasteiger partial charge on any atom is -0.135 e. The van der Waals surface area contributed by atoms with Crippen molar-refractivity contribution in [2.45, 2.75) is 0 Å². The van der Waals surface area contributed by atoms with Gasteiger partial charge in [-0.2, -0.15) is 0 Å². The Morgan fingerprint density at radius 3 is 1.06 bits per heavy atom. The Kier molecular flexibility index (Phi) is 9.69. The van der Waals surface area contributed by atoms with Crippen LogP contribution in [0.1, 0.15) is 0 Å². The molecule has 0 aliphatic heterocycles. The van der Waals surface area contributed by atoms with E-state index in [9.17, 15) is 0 Å². The summed E-state index contributed by atoms with van der Waals surface area (Å²) in [5.74, 6) is 0. The largest absolute Gasteiger partial charge is 0.135 e. The summed E-state index contributed by atoms with van der Waals surface area (Å²) < 4.78 is 0. The van der Waals surface area contributed by atoms with Gasteiger partial charge >= 0.3 is 0 Å². The van der Waals surface area contributed by atoms with Gasteiger partial charge in [-0.05, 0) is 157 Å². The van der Waals surface area contributed by atoms with Crippen molar-refractivity contribution in [2.24, 2.45) is 0 Å². The van der Waals surface area contributed by atoms with Crippen LogP contribution in [0.5, 0.6) is 0 Å². The molecule has 0 N–H and O–H groups in total. The lowest BCUT2D eigenvalue weighted by atomic mass is 9.84. The van der Waals surface area contributed by atoms with E-state index in [0.717, 1.165) is 0 Å².